The van der Waals surface area contributed by atoms with Gasteiger partial charge in [-0.2, -0.15) is 0 Å². The van der Waals surface area contributed by atoms with Crippen LogP contribution in [-0.4, -0.2) is 5.78 Å². The molecule has 2 aliphatic rings. The number of allylic oxidation sites excluding steroid dienone is 2. The molecule has 2 atom stereocenters. The number of hydrogen-bond donors (Lipinski definition) is 0. The lowest BCUT2D eigenvalue weighted by molar-refractivity contribution is -0.116. The van der Waals surface area contributed by atoms with Gasteiger partial charge < -0.3 is 0 Å². The third kappa shape index (κ3) is 1.45. The summed E-state index contributed by atoms with van der Waals surface area (Å²) in [6, 6.07) is 0. The lowest BCUT2D eigenvalue weighted by atomic mass is 9.62. The molecule has 0 aromatic carbocycles. The Balaban J connectivity index is 2.34. The van der Waals surface area contributed by atoms with Crippen molar-refractivity contribution >= 4 is 5.78 Å². The van der Waals surface area contributed by atoms with Crippen LogP contribution in [0.15, 0.2) is 11.6 Å². The normalized spacial score (nSPS) is 39.7. The molecular formula is C12H18O. The van der Waals surface area contributed by atoms with E-state index in [4.69, 9.17) is 0 Å². The van der Waals surface area contributed by atoms with Gasteiger partial charge in [-0.15, -0.1) is 0 Å². The highest BCUT2D eigenvalue weighted by molar-refractivity contribution is 5.91. The second-order valence-electron chi connectivity index (χ2n) is 4.92. The van der Waals surface area contributed by atoms with Crippen LogP contribution in [0.2, 0.25) is 0 Å². The second-order valence-corrected chi connectivity index (χ2v) is 4.92. The minimum absolute atomic E-state index is 0.348. The summed E-state index contributed by atoms with van der Waals surface area (Å²) >= 11 is 0. The maximum absolute atomic E-state index is 11.3. The zero-order valence-corrected chi connectivity index (χ0v) is 8.60. The largest absolute Gasteiger partial charge is 0.295 e. The lowest BCUT2D eigenvalue weighted by Gasteiger charge is -2.42. The molecule has 0 amide bonds. The number of rotatable bonds is 0. The number of fused-ring (bicyclic) bond motifs is 1. The first-order valence-electron chi connectivity index (χ1n) is 5.37. The molecule has 0 heterocycles. The SMILES string of the molecule is CC1CCC[C@@]2(C)CCC(=O)C=C12. The van der Waals surface area contributed by atoms with E-state index in [-0.39, 0.29) is 0 Å². The highest BCUT2D eigenvalue weighted by atomic mass is 16.1. The number of carbonyl (C=O) groups is 1. The van der Waals surface area contributed by atoms with E-state index in [0.29, 0.717) is 17.1 Å². The first kappa shape index (κ1) is 8.98. The average Bonchev–Trinajstić information content (AvgIpc) is 2.08. The van der Waals surface area contributed by atoms with E-state index in [9.17, 15) is 4.79 Å². The summed E-state index contributed by atoms with van der Waals surface area (Å²) in [5.74, 6) is 0.990. The summed E-state index contributed by atoms with van der Waals surface area (Å²) < 4.78 is 0. The van der Waals surface area contributed by atoms with Gasteiger partial charge in [-0.05, 0) is 36.7 Å². The fraction of sp³-hybridized carbons (Fsp3) is 0.750. The predicted molar refractivity (Wildman–Crippen MR) is 53.4 cm³/mol. The van der Waals surface area contributed by atoms with Gasteiger partial charge in [-0.25, -0.2) is 0 Å². The summed E-state index contributed by atoms with van der Waals surface area (Å²) in [6.07, 6.45) is 7.69. The smallest absolute Gasteiger partial charge is 0.155 e. The van der Waals surface area contributed by atoms with Crippen LogP contribution in [0.3, 0.4) is 0 Å². The summed E-state index contributed by atoms with van der Waals surface area (Å²) in [5, 5.41) is 0. The average molecular weight is 178 g/mol. The van der Waals surface area contributed by atoms with Gasteiger partial charge in [-0.1, -0.05) is 25.8 Å². The van der Waals surface area contributed by atoms with E-state index in [1.807, 2.05) is 6.08 Å². The molecule has 1 heteroatoms. The second kappa shape index (κ2) is 2.97. The van der Waals surface area contributed by atoms with E-state index >= 15 is 0 Å². The Hall–Kier alpha value is -0.590. The van der Waals surface area contributed by atoms with Crippen molar-refractivity contribution in [2.75, 3.05) is 0 Å². The predicted octanol–water partition coefficient (Wildman–Crippen LogP) is 3.10. The summed E-state index contributed by atoms with van der Waals surface area (Å²) in [6.45, 7) is 4.60. The highest BCUT2D eigenvalue weighted by Gasteiger charge is 2.37. The molecule has 0 aromatic heterocycles. The van der Waals surface area contributed by atoms with Crippen molar-refractivity contribution in [3.63, 3.8) is 0 Å². The molecule has 1 nitrogen and oxygen atoms in total. The van der Waals surface area contributed by atoms with Crippen molar-refractivity contribution in [2.45, 2.75) is 46.0 Å². The molecule has 0 saturated heterocycles. The monoisotopic (exact) mass is 178 g/mol. The standard InChI is InChI=1S/C12H18O/c1-9-4-3-6-12(2)7-5-10(13)8-11(9)12/h8-9H,3-7H2,1-2H3/t9?,12-/m0/s1. The molecule has 1 fully saturated rings. The Kier molecular flexibility index (Phi) is 2.05. The fourth-order valence-corrected chi connectivity index (χ4v) is 2.92. The molecule has 0 N–H and O–H groups in total. The zero-order chi connectivity index (χ0) is 9.47. The van der Waals surface area contributed by atoms with Crippen molar-refractivity contribution in [2.24, 2.45) is 11.3 Å². The van der Waals surface area contributed by atoms with Gasteiger partial charge in [-0.3, -0.25) is 4.79 Å². The van der Waals surface area contributed by atoms with E-state index in [2.05, 4.69) is 13.8 Å². The van der Waals surface area contributed by atoms with Crippen molar-refractivity contribution in [1.82, 2.24) is 0 Å². The van der Waals surface area contributed by atoms with Crippen LogP contribution in [0.1, 0.15) is 46.0 Å². The third-order valence-electron chi connectivity index (χ3n) is 3.83. The minimum Gasteiger partial charge on any atom is -0.295 e. The van der Waals surface area contributed by atoms with E-state index in [1.54, 1.807) is 0 Å². The Labute approximate surface area is 80.2 Å². The number of ketones is 1. The number of carbonyl (C=O) groups excluding carboxylic acids is 1. The van der Waals surface area contributed by atoms with E-state index in [0.717, 1.165) is 12.8 Å². The van der Waals surface area contributed by atoms with Crippen LogP contribution in [0.4, 0.5) is 0 Å². The molecule has 72 valence electrons. The summed E-state index contributed by atoms with van der Waals surface area (Å²) in [4.78, 5) is 11.3. The van der Waals surface area contributed by atoms with Crippen LogP contribution in [-0.2, 0) is 4.79 Å². The van der Waals surface area contributed by atoms with Crippen molar-refractivity contribution in [1.29, 1.82) is 0 Å². The molecule has 1 saturated carbocycles. The molecule has 0 aliphatic heterocycles. The Morgan fingerprint density at radius 2 is 2.23 bits per heavy atom. The summed E-state index contributed by atoms with van der Waals surface area (Å²) in [5.41, 5.74) is 1.81. The number of hydrogen-bond acceptors (Lipinski definition) is 1. The van der Waals surface area contributed by atoms with Crippen molar-refractivity contribution in [3.8, 4) is 0 Å². The van der Waals surface area contributed by atoms with Crippen molar-refractivity contribution in [3.05, 3.63) is 11.6 Å². The molecule has 0 spiro atoms. The van der Waals surface area contributed by atoms with Gasteiger partial charge in [0.1, 0.15) is 0 Å². The van der Waals surface area contributed by atoms with Gasteiger partial charge >= 0.3 is 0 Å². The Bertz CT molecular complexity index is 264. The molecule has 2 aliphatic carbocycles. The molecule has 2 rings (SSSR count). The summed E-state index contributed by atoms with van der Waals surface area (Å²) in [7, 11) is 0. The van der Waals surface area contributed by atoms with Crippen LogP contribution >= 0.6 is 0 Å². The van der Waals surface area contributed by atoms with Crippen molar-refractivity contribution < 1.29 is 4.79 Å². The van der Waals surface area contributed by atoms with Gasteiger partial charge in [0.2, 0.25) is 0 Å². The quantitative estimate of drug-likeness (QED) is 0.557. The topological polar surface area (TPSA) is 17.1 Å². The fourth-order valence-electron chi connectivity index (χ4n) is 2.92. The molecule has 13 heavy (non-hydrogen) atoms. The maximum atomic E-state index is 11.3. The van der Waals surface area contributed by atoms with E-state index < -0.39 is 0 Å². The minimum atomic E-state index is 0.348. The van der Waals surface area contributed by atoms with Gasteiger partial charge in [0.15, 0.2) is 5.78 Å². The Morgan fingerprint density at radius 1 is 1.46 bits per heavy atom. The van der Waals surface area contributed by atoms with Crippen LogP contribution in [0.5, 0.6) is 0 Å². The van der Waals surface area contributed by atoms with Gasteiger partial charge in [0.05, 0.1) is 0 Å². The molecule has 0 radical (unpaired) electrons. The van der Waals surface area contributed by atoms with Gasteiger partial charge in [0.25, 0.3) is 0 Å². The van der Waals surface area contributed by atoms with Gasteiger partial charge in [0, 0.05) is 6.42 Å². The molecule has 1 unspecified atom stereocenters. The maximum Gasteiger partial charge on any atom is 0.155 e. The zero-order valence-electron chi connectivity index (χ0n) is 8.60. The lowest BCUT2D eigenvalue weighted by Crippen LogP contribution is -2.32. The molecule has 0 bridgehead atoms. The van der Waals surface area contributed by atoms with Crippen LogP contribution < -0.4 is 0 Å². The van der Waals surface area contributed by atoms with Crippen LogP contribution in [0, 0.1) is 11.3 Å². The van der Waals surface area contributed by atoms with Crippen LogP contribution in [0.25, 0.3) is 0 Å². The molecule has 0 aromatic rings. The van der Waals surface area contributed by atoms with E-state index in [1.165, 1.54) is 24.8 Å². The first-order valence-corrected chi connectivity index (χ1v) is 5.37. The Morgan fingerprint density at radius 3 is 3.00 bits per heavy atom. The third-order valence-corrected chi connectivity index (χ3v) is 3.83. The molecular weight excluding hydrogens is 160 g/mol. The highest BCUT2D eigenvalue weighted by Crippen LogP contribution is 2.48. The first-order chi connectivity index (χ1) is 6.12.